The van der Waals surface area contributed by atoms with Crippen LogP contribution in [0.5, 0.6) is 0 Å². The summed E-state index contributed by atoms with van der Waals surface area (Å²) in [5.41, 5.74) is 0.932. The van der Waals surface area contributed by atoms with Gasteiger partial charge < -0.3 is 15.5 Å². The number of anilines is 1. The molecule has 6 nitrogen and oxygen atoms in total. The fourth-order valence-corrected chi connectivity index (χ4v) is 3.87. The second-order valence-electron chi connectivity index (χ2n) is 8.86. The van der Waals surface area contributed by atoms with Crippen molar-refractivity contribution >= 4 is 23.4 Å². The van der Waals surface area contributed by atoms with E-state index in [0.29, 0.717) is 38.2 Å². The summed E-state index contributed by atoms with van der Waals surface area (Å²) in [5.74, 6) is -0.837. The Morgan fingerprint density at radius 3 is 2.31 bits per heavy atom. The Bertz CT molecular complexity index is 1050. The van der Waals surface area contributed by atoms with Crippen LogP contribution in [0, 0.1) is 11.8 Å². The topological polar surface area (TPSA) is 78.5 Å². The normalized spacial score (nSPS) is 15.4. The SMILES string of the molecule is CCC(C)C(=O)Nc1cccc(CNC(=O)C2CCN(C(=O)c3ccc(C(F)(F)F)cc3)CC2)c1. The van der Waals surface area contributed by atoms with Crippen LogP contribution in [0.25, 0.3) is 0 Å². The van der Waals surface area contributed by atoms with Gasteiger partial charge in [0.05, 0.1) is 5.56 Å². The maximum absolute atomic E-state index is 12.7. The van der Waals surface area contributed by atoms with Crippen LogP contribution in [0.2, 0.25) is 0 Å². The number of carbonyl (C=O) groups is 3. The molecule has 2 N–H and O–H groups in total. The van der Waals surface area contributed by atoms with Gasteiger partial charge in [-0.3, -0.25) is 14.4 Å². The van der Waals surface area contributed by atoms with E-state index in [4.69, 9.17) is 0 Å². The van der Waals surface area contributed by atoms with Crippen LogP contribution in [0.1, 0.15) is 54.6 Å². The van der Waals surface area contributed by atoms with Gasteiger partial charge in [-0.25, -0.2) is 0 Å². The first-order valence-corrected chi connectivity index (χ1v) is 11.7. The summed E-state index contributed by atoms with van der Waals surface area (Å²) in [6.07, 6.45) is -2.75. The van der Waals surface area contributed by atoms with Gasteiger partial charge in [-0.2, -0.15) is 13.2 Å². The van der Waals surface area contributed by atoms with Gasteiger partial charge in [-0.1, -0.05) is 26.0 Å². The first-order chi connectivity index (χ1) is 16.6. The Hall–Kier alpha value is -3.36. The number of nitrogens with zero attached hydrogens (tertiary/aromatic N) is 1. The molecule has 35 heavy (non-hydrogen) atoms. The van der Waals surface area contributed by atoms with Gasteiger partial charge in [0.15, 0.2) is 0 Å². The predicted octanol–water partition coefficient (Wildman–Crippen LogP) is 4.86. The van der Waals surface area contributed by atoms with Crippen molar-refractivity contribution in [2.45, 2.75) is 45.8 Å². The molecule has 1 heterocycles. The van der Waals surface area contributed by atoms with Crippen LogP contribution in [0.4, 0.5) is 18.9 Å². The minimum atomic E-state index is -4.45. The van der Waals surface area contributed by atoms with Crippen molar-refractivity contribution in [3.05, 3.63) is 65.2 Å². The molecule has 1 unspecified atom stereocenters. The van der Waals surface area contributed by atoms with Crippen LogP contribution in [-0.2, 0) is 22.3 Å². The average Bonchev–Trinajstić information content (AvgIpc) is 2.86. The summed E-state index contributed by atoms with van der Waals surface area (Å²) in [6.45, 7) is 4.84. The number of nitrogens with one attached hydrogen (secondary N) is 2. The van der Waals surface area contributed by atoms with E-state index in [2.05, 4.69) is 10.6 Å². The number of benzene rings is 2. The van der Waals surface area contributed by atoms with Gasteiger partial charge in [0.25, 0.3) is 5.91 Å². The predicted molar refractivity (Wildman–Crippen MR) is 126 cm³/mol. The van der Waals surface area contributed by atoms with E-state index in [9.17, 15) is 27.6 Å². The highest BCUT2D eigenvalue weighted by Crippen LogP contribution is 2.29. The summed E-state index contributed by atoms with van der Waals surface area (Å²) >= 11 is 0. The molecule has 0 aromatic heterocycles. The lowest BCUT2D eigenvalue weighted by Gasteiger charge is -2.31. The average molecular weight is 490 g/mol. The number of carbonyl (C=O) groups excluding carboxylic acids is 3. The largest absolute Gasteiger partial charge is 0.416 e. The van der Waals surface area contributed by atoms with Crippen LogP contribution in [-0.4, -0.2) is 35.7 Å². The number of alkyl halides is 3. The van der Waals surface area contributed by atoms with E-state index in [1.54, 1.807) is 11.0 Å². The number of amides is 3. The molecule has 3 rings (SSSR count). The van der Waals surface area contributed by atoms with Crippen molar-refractivity contribution in [3.8, 4) is 0 Å². The lowest BCUT2D eigenvalue weighted by atomic mass is 9.95. The van der Waals surface area contributed by atoms with E-state index >= 15 is 0 Å². The highest BCUT2D eigenvalue weighted by molar-refractivity contribution is 5.94. The first-order valence-electron chi connectivity index (χ1n) is 11.7. The molecule has 0 bridgehead atoms. The van der Waals surface area contributed by atoms with E-state index in [0.717, 1.165) is 24.1 Å². The highest BCUT2D eigenvalue weighted by atomic mass is 19.4. The van der Waals surface area contributed by atoms with Gasteiger partial charge in [0.1, 0.15) is 0 Å². The summed E-state index contributed by atoms with van der Waals surface area (Å²) in [5, 5.41) is 5.80. The molecule has 0 spiro atoms. The number of piperidine rings is 1. The second-order valence-corrected chi connectivity index (χ2v) is 8.86. The van der Waals surface area contributed by atoms with E-state index in [-0.39, 0.29) is 35.1 Å². The molecule has 1 aliphatic heterocycles. The minimum Gasteiger partial charge on any atom is -0.352 e. The molecule has 1 fully saturated rings. The molecule has 2 aromatic carbocycles. The van der Waals surface area contributed by atoms with Gasteiger partial charge in [-0.15, -0.1) is 0 Å². The Morgan fingerprint density at radius 1 is 1.06 bits per heavy atom. The standard InChI is InChI=1S/C26H30F3N3O3/c1-3-17(2)23(33)31-22-6-4-5-18(15-22)16-30-24(34)19-11-13-32(14-12-19)25(35)20-7-9-21(10-8-20)26(27,28)29/h4-10,15,17,19H,3,11-14,16H2,1-2H3,(H,30,34)(H,31,33). The number of hydrogen-bond acceptors (Lipinski definition) is 3. The monoisotopic (exact) mass is 489 g/mol. The van der Waals surface area contributed by atoms with Crippen LogP contribution < -0.4 is 10.6 Å². The fraction of sp³-hybridized carbons (Fsp3) is 0.423. The lowest BCUT2D eigenvalue weighted by Crippen LogP contribution is -2.42. The Kier molecular flexibility index (Phi) is 8.53. The van der Waals surface area contributed by atoms with Crippen molar-refractivity contribution < 1.29 is 27.6 Å². The maximum Gasteiger partial charge on any atom is 0.416 e. The van der Waals surface area contributed by atoms with E-state index in [1.807, 2.05) is 32.0 Å². The van der Waals surface area contributed by atoms with Crippen molar-refractivity contribution in [3.63, 3.8) is 0 Å². The number of likely N-dealkylation sites (tertiary alicyclic amines) is 1. The molecule has 1 saturated heterocycles. The Morgan fingerprint density at radius 2 is 1.71 bits per heavy atom. The molecule has 188 valence electrons. The first kappa shape index (κ1) is 26.2. The van der Waals surface area contributed by atoms with Crippen LogP contribution >= 0.6 is 0 Å². The molecule has 3 amide bonds. The third-order valence-electron chi connectivity index (χ3n) is 6.33. The maximum atomic E-state index is 12.7. The van der Waals surface area contributed by atoms with Crippen molar-refractivity contribution in [2.24, 2.45) is 11.8 Å². The quantitative estimate of drug-likeness (QED) is 0.583. The zero-order valence-corrected chi connectivity index (χ0v) is 19.8. The highest BCUT2D eigenvalue weighted by Gasteiger charge is 2.31. The molecule has 0 radical (unpaired) electrons. The smallest absolute Gasteiger partial charge is 0.352 e. The third kappa shape index (κ3) is 7.07. The molecule has 0 saturated carbocycles. The second kappa shape index (κ2) is 11.4. The van der Waals surface area contributed by atoms with E-state index < -0.39 is 11.7 Å². The molecule has 0 aliphatic carbocycles. The van der Waals surface area contributed by atoms with Gasteiger partial charge in [-0.05, 0) is 61.2 Å². The van der Waals surface area contributed by atoms with Crippen LogP contribution in [0.15, 0.2) is 48.5 Å². The van der Waals surface area contributed by atoms with Crippen molar-refractivity contribution in [1.29, 1.82) is 0 Å². The van der Waals surface area contributed by atoms with Gasteiger partial charge in [0, 0.05) is 42.7 Å². The number of rotatable bonds is 7. The summed E-state index contributed by atoms with van der Waals surface area (Å²) in [7, 11) is 0. The zero-order valence-electron chi connectivity index (χ0n) is 19.8. The molecule has 9 heteroatoms. The summed E-state index contributed by atoms with van der Waals surface area (Å²) in [6, 6.07) is 11.5. The van der Waals surface area contributed by atoms with Crippen LogP contribution in [0.3, 0.4) is 0 Å². The fourth-order valence-electron chi connectivity index (χ4n) is 3.87. The molecule has 2 aromatic rings. The third-order valence-corrected chi connectivity index (χ3v) is 6.33. The minimum absolute atomic E-state index is 0.0497. The summed E-state index contributed by atoms with van der Waals surface area (Å²) < 4.78 is 38.2. The Balaban J connectivity index is 1.48. The molecular weight excluding hydrogens is 459 g/mol. The van der Waals surface area contributed by atoms with Gasteiger partial charge in [0.2, 0.25) is 11.8 Å². The van der Waals surface area contributed by atoms with E-state index in [1.165, 1.54) is 12.1 Å². The van der Waals surface area contributed by atoms with Crippen molar-refractivity contribution in [2.75, 3.05) is 18.4 Å². The summed E-state index contributed by atoms with van der Waals surface area (Å²) in [4.78, 5) is 38.9. The molecule has 1 atom stereocenters. The Labute approximate surface area is 202 Å². The van der Waals surface area contributed by atoms with Gasteiger partial charge >= 0.3 is 6.18 Å². The number of hydrogen-bond donors (Lipinski definition) is 2. The molecule has 1 aliphatic rings. The zero-order chi connectivity index (χ0) is 25.6. The molecular formula is C26H30F3N3O3. The number of halogens is 3. The lowest BCUT2D eigenvalue weighted by molar-refractivity contribution is -0.137. The van der Waals surface area contributed by atoms with Crippen molar-refractivity contribution in [1.82, 2.24) is 10.2 Å².